The van der Waals surface area contributed by atoms with Crippen LogP contribution in [0.2, 0.25) is 0 Å². The van der Waals surface area contributed by atoms with Gasteiger partial charge in [-0.25, -0.2) is 9.97 Å². The molecule has 2 amide bonds. The second-order valence-electron chi connectivity index (χ2n) is 8.42. The predicted molar refractivity (Wildman–Crippen MR) is 109 cm³/mol. The number of amides is 2. The molecule has 2 fully saturated rings. The number of piperazine rings is 1. The van der Waals surface area contributed by atoms with Crippen molar-refractivity contribution in [3.8, 4) is 0 Å². The van der Waals surface area contributed by atoms with Gasteiger partial charge in [-0.05, 0) is 25.7 Å². The standard InChI is InChI=1S/C21H33N5O2/c1-14(2)20-22-15(3)13-18(24-20)25-9-11-26(12-10-25)21(28)19(23-16(4)27)17-7-5-6-8-17/h13-14,17,19H,5-12H2,1-4H3,(H,23,27). The molecule has 1 atom stereocenters. The lowest BCUT2D eigenvalue weighted by Crippen LogP contribution is -2.56. The number of nitrogens with zero attached hydrogens (tertiary/aromatic N) is 4. The summed E-state index contributed by atoms with van der Waals surface area (Å²) in [5, 5.41) is 2.92. The quantitative estimate of drug-likeness (QED) is 0.838. The number of aromatic nitrogens is 2. The number of hydrogen-bond donors (Lipinski definition) is 1. The maximum atomic E-state index is 13.1. The van der Waals surface area contributed by atoms with Gasteiger partial charge in [-0.15, -0.1) is 0 Å². The molecule has 154 valence electrons. The zero-order valence-corrected chi connectivity index (χ0v) is 17.6. The van der Waals surface area contributed by atoms with Crippen LogP contribution in [0.1, 0.15) is 63.9 Å². The summed E-state index contributed by atoms with van der Waals surface area (Å²) in [6.07, 6.45) is 4.34. The van der Waals surface area contributed by atoms with Gasteiger partial charge in [0, 0.05) is 50.8 Å². The molecule has 1 saturated heterocycles. The van der Waals surface area contributed by atoms with Crippen LogP contribution in [-0.2, 0) is 9.59 Å². The Balaban J connectivity index is 1.65. The van der Waals surface area contributed by atoms with Gasteiger partial charge < -0.3 is 15.1 Å². The summed E-state index contributed by atoms with van der Waals surface area (Å²) in [5.41, 5.74) is 0.971. The minimum absolute atomic E-state index is 0.0727. The first-order chi connectivity index (χ1) is 13.3. The van der Waals surface area contributed by atoms with E-state index in [1.165, 1.54) is 6.92 Å². The molecule has 1 aliphatic carbocycles. The van der Waals surface area contributed by atoms with E-state index in [0.29, 0.717) is 13.1 Å². The molecule has 7 nitrogen and oxygen atoms in total. The van der Waals surface area contributed by atoms with E-state index in [4.69, 9.17) is 4.98 Å². The van der Waals surface area contributed by atoms with Crippen LogP contribution in [0.15, 0.2) is 6.07 Å². The molecule has 1 unspecified atom stereocenters. The molecule has 1 N–H and O–H groups in total. The zero-order valence-electron chi connectivity index (χ0n) is 17.6. The van der Waals surface area contributed by atoms with Crippen LogP contribution < -0.4 is 10.2 Å². The maximum absolute atomic E-state index is 13.1. The van der Waals surface area contributed by atoms with Gasteiger partial charge in [0.2, 0.25) is 11.8 Å². The largest absolute Gasteiger partial charge is 0.353 e. The van der Waals surface area contributed by atoms with Gasteiger partial charge in [0.15, 0.2) is 0 Å². The van der Waals surface area contributed by atoms with Crippen LogP contribution in [0.3, 0.4) is 0 Å². The Morgan fingerprint density at radius 2 is 1.75 bits per heavy atom. The van der Waals surface area contributed by atoms with Gasteiger partial charge in [0.05, 0.1) is 0 Å². The van der Waals surface area contributed by atoms with E-state index in [0.717, 1.165) is 56.1 Å². The summed E-state index contributed by atoms with van der Waals surface area (Å²) in [7, 11) is 0. The molecule has 0 radical (unpaired) electrons. The van der Waals surface area contributed by atoms with Crippen LogP contribution in [0.5, 0.6) is 0 Å². The molecule has 0 aromatic carbocycles. The van der Waals surface area contributed by atoms with Gasteiger partial charge in [-0.3, -0.25) is 9.59 Å². The van der Waals surface area contributed by atoms with E-state index in [1.807, 2.05) is 17.9 Å². The third kappa shape index (κ3) is 4.80. The SMILES string of the molecule is CC(=O)NC(C(=O)N1CCN(c2cc(C)nc(C(C)C)n2)CC1)C1CCCC1. The van der Waals surface area contributed by atoms with E-state index < -0.39 is 0 Å². The molecular formula is C21H33N5O2. The monoisotopic (exact) mass is 387 g/mol. The molecule has 1 aromatic rings. The third-order valence-corrected chi connectivity index (χ3v) is 5.79. The fraction of sp³-hybridized carbons (Fsp3) is 0.714. The van der Waals surface area contributed by atoms with Gasteiger partial charge in [-0.2, -0.15) is 0 Å². The van der Waals surface area contributed by atoms with Crippen molar-refractivity contribution in [1.82, 2.24) is 20.2 Å². The Morgan fingerprint density at radius 3 is 2.32 bits per heavy atom. The van der Waals surface area contributed by atoms with E-state index in [1.54, 1.807) is 0 Å². The lowest BCUT2D eigenvalue weighted by atomic mass is 9.96. The van der Waals surface area contributed by atoms with Crippen molar-refractivity contribution in [2.45, 2.75) is 65.3 Å². The highest BCUT2D eigenvalue weighted by Gasteiger charge is 2.35. The number of rotatable bonds is 5. The Labute approximate surface area is 167 Å². The van der Waals surface area contributed by atoms with E-state index in [-0.39, 0.29) is 29.7 Å². The van der Waals surface area contributed by atoms with Crippen LogP contribution in [-0.4, -0.2) is 58.9 Å². The third-order valence-electron chi connectivity index (χ3n) is 5.79. The van der Waals surface area contributed by atoms with Crippen LogP contribution in [0, 0.1) is 12.8 Å². The highest BCUT2D eigenvalue weighted by atomic mass is 16.2. The van der Waals surface area contributed by atoms with Crippen LogP contribution >= 0.6 is 0 Å². The highest BCUT2D eigenvalue weighted by molar-refractivity contribution is 5.87. The Hall–Kier alpha value is -2.18. The van der Waals surface area contributed by atoms with Crippen molar-refractivity contribution >= 4 is 17.6 Å². The average Bonchev–Trinajstić information content (AvgIpc) is 3.19. The minimum atomic E-state index is -0.375. The number of hydrogen-bond acceptors (Lipinski definition) is 5. The minimum Gasteiger partial charge on any atom is -0.353 e. The summed E-state index contributed by atoms with van der Waals surface area (Å²) < 4.78 is 0. The molecule has 2 heterocycles. The fourth-order valence-corrected chi connectivity index (χ4v) is 4.24. The lowest BCUT2D eigenvalue weighted by Gasteiger charge is -2.38. The second kappa shape index (κ2) is 8.88. The summed E-state index contributed by atoms with van der Waals surface area (Å²) in [5.74, 6) is 2.31. The van der Waals surface area contributed by atoms with Crippen molar-refractivity contribution in [1.29, 1.82) is 0 Å². The first kappa shape index (κ1) is 20.6. The molecule has 0 bridgehead atoms. The molecular weight excluding hydrogens is 354 g/mol. The second-order valence-corrected chi connectivity index (χ2v) is 8.42. The fourth-order valence-electron chi connectivity index (χ4n) is 4.24. The van der Waals surface area contributed by atoms with Crippen molar-refractivity contribution in [2.75, 3.05) is 31.1 Å². The zero-order chi connectivity index (χ0) is 20.3. The first-order valence-electron chi connectivity index (χ1n) is 10.5. The molecule has 0 spiro atoms. The molecule has 2 aliphatic rings. The maximum Gasteiger partial charge on any atom is 0.245 e. The number of anilines is 1. The van der Waals surface area contributed by atoms with E-state index in [9.17, 15) is 9.59 Å². The summed E-state index contributed by atoms with van der Waals surface area (Å²) >= 11 is 0. The smallest absolute Gasteiger partial charge is 0.245 e. The summed E-state index contributed by atoms with van der Waals surface area (Å²) in [6, 6.07) is 1.64. The predicted octanol–water partition coefficient (Wildman–Crippen LogP) is 2.25. The van der Waals surface area contributed by atoms with Gasteiger partial charge in [-0.1, -0.05) is 26.7 Å². The van der Waals surface area contributed by atoms with Gasteiger partial charge >= 0.3 is 0 Å². The van der Waals surface area contributed by atoms with Crippen molar-refractivity contribution in [2.24, 2.45) is 5.92 Å². The van der Waals surface area contributed by atoms with E-state index in [2.05, 4.69) is 29.0 Å². The van der Waals surface area contributed by atoms with Gasteiger partial charge in [0.1, 0.15) is 17.7 Å². The Morgan fingerprint density at radius 1 is 1.11 bits per heavy atom. The van der Waals surface area contributed by atoms with Crippen LogP contribution in [0.25, 0.3) is 0 Å². The van der Waals surface area contributed by atoms with Crippen molar-refractivity contribution < 1.29 is 9.59 Å². The van der Waals surface area contributed by atoms with Crippen molar-refractivity contribution in [3.05, 3.63) is 17.6 Å². The molecule has 1 aromatic heterocycles. The average molecular weight is 388 g/mol. The molecule has 1 saturated carbocycles. The first-order valence-corrected chi connectivity index (χ1v) is 10.5. The molecule has 28 heavy (non-hydrogen) atoms. The number of aryl methyl sites for hydroxylation is 1. The topological polar surface area (TPSA) is 78.4 Å². The number of nitrogens with one attached hydrogen (secondary N) is 1. The number of carbonyl (C=O) groups excluding carboxylic acids is 2. The Kier molecular flexibility index (Phi) is 6.52. The molecule has 3 rings (SSSR count). The molecule has 7 heteroatoms. The lowest BCUT2D eigenvalue weighted by molar-refractivity contribution is -0.137. The normalized spacial score (nSPS) is 19.2. The number of carbonyl (C=O) groups is 2. The summed E-state index contributed by atoms with van der Waals surface area (Å²) in [4.78, 5) is 38.2. The molecule has 1 aliphatic heterocycles. The van der Waals surface area contributed by atoms with Crippen molar-refractivity contribution in [3.63, 3.8) is 0 Å². The highest BCUT2D eigenvalue weighted by Crippen LogP contribution is 2.29. The Bertz CT molecular complexity index is 707. The summed E-state index contributed by atoms with van der Waals surface area (Å²) in [6.45, 7) is 10.5. The van der Waals surface area contributed by atoms with Crippen LogP contribution in [0.4, 0.5) is 5.82 Å². The van der Waals surface area contributed by atoms with Gasteiger partial charge in [0.25, 0.3) is 0 Å². The van der Waals surface area contributed by atoms with E-state index >= 15 is 0 Å².